The lowest BCUT2D eigenvalue weighted by Gasteiger charge is -2.49. The van der Waals surface area contributed by atoms with Crippen LogP contribution in [0.15, 0.2) is 0 Å². The zero-order valence-corrected chi connectivity index (χ0v) is 9.86. The van der Waals surface area contributed by atoms with Crippen LogP contribution >= 0.6 is 0 Å². The van der Waals surface area contributed by atoms with Gasteiger partial charge in [-0.05, 0) is 33.7 Å². The molecule has 1 amide bonds. The van der Waals surface area contributed by atoms with Crippen molar-refractivity contribution in [3.05, 3.63) is 0 Å². The zero-order valence-electron chi connectivity index (χ0n) is 9.86. The van der Waals surface area contributed by atoms with E-state index in [1.54, 1.807) is 0 Å². The summed E-state index contributed by atoms with van der Waals surface area (Å²) in [5, 5.41) is 0. The van der Waals surface area contributed by atoms with E-state index >= 15 is 0 Å². The van der Waals surface area contributed by atoms with Crippen molar-refractivity contribution in [2.75, 3.05) is 20.1 Å². The number of hydrogen-bond donors (Lipinski definition) is 1. The van der Waals surface area contributed by atoms with E-state index in [-0.39, 0.29) is 17.5 Å². The molecule has 4 nitrogen and oxygen atoms in total. The summed E-state index contributed by atoms with van der Waals surface area (Å²) in [5.74, 6) is 0.224. The highest BCUT2D eigenvalue weighted by molar-refractivity contribution is 5.84. The molecular weight excluding hydrogens is 190 g/mol. The molecular formula is C11H21N3O. The Hall–Kier alpha value is -0.610. The van der Waals surface area contributed by atoms with Crippen LogP contribution in [0.3, 0.4) is 0 Å². The van der Waals surface area contributed by atoms with Gasteiger partial charge in [0.25, 0.3) is 0 Å². The molecule has 2 rings (SSSR count). The third-order valence-electron chi connectivity index (χ3n) is 3.76. The van der Waals surface area contributed by atoms with Crippen molar-refractivity contribution in [2.24, 2.45) is 5.73 Å². The minimum Gasteiger partial charge on any atom is -0.336 e. The number of nitrogens with two attached hydrogens (primary N) is 1. The number of likely N-dealkylation sites (N-methyl/N-ethyl adjacent to an activating group) is 1. The first-order valence-corrected chi connectivity index (χ1v) is 5.71. The number of carbonyl (C=O) groups excluding carboxylic acids is 1. The second-order valence-electron chi connectivity index (χ2n) is 5.37. The molecule has 15 heavy (non-hydrogen) atoms. The molecule has 0 aromatic heterocycles. The summed E-state index contributed by atoms with van der Waals surface area (Å²) in [6.45, 7) is 5.61. The number of carbonyl (C=O) groups is 1. The van der Waals surface area contributed by atoms with Gasteiger partial charge in [-0.15, -0.1) is 0 Å². The van der Waals surface area contributed by atoms with Crippen molar-refractivity contribution in [2.45, 2.75) is 44.3 Å². The van der Waals surface area contributed by atoms with Crippen LogP contribution in [-0.2, 0) is 4.79 Å². The van der Waals surface area contributed by atoms with Crippen LogP contribution in [0.2, 0.25) is 0 Å². The number of hydrogen-bond acceptors (Lipinski definition) is 3. The Morgan fingerprint density at radius 1 is 1.47 bits per heavy atom. The van der Waals surface area contributed by atoms with Crippen molar-refractivity contribution in [1.82, 2.24) is 9.80 Å². The molecule has 0 radical (unpaired) electrons. The molecule has 0 spiro atoms. The number of piperazine rings is 1. The largest absolute Gasteiger partial charge is 0.336 e. The third kappa shape index (κ3) is 1.76. The molecule has 2 N–H and O–H groups in total. The quantitative estimate of drug-likeness (QED) is 0.701. The average Bonchev–Trinajstić information content (AvgIpc) is 2.96. The van der Waals surface area contributed by atoms with E-state index in [0.29, 0.717) is 12.6 Å². The molecule has 1 atom stereocenters. The minimum absolute atomic E-state index is 0.0422. The molecule has 1 unspecified atom stereocenters. The van der Waals surface area contributed by atoms with Crippen LogP contribution in [0.4, 0.5) is 0 Å². The fraction of sp³-hybridized carbons (Fsp3) is 0.909. The molecule has 0 aromatic carbocycles. The molecule has 86 valence electrons. The lowest BCUT2D eigenvalue weighted by Crippen LogP contribution is -2.67. The summed E-state index contributed by atoms with van der Waals surface area (Å²) >= 11 is 0. The highest BCUT2D eigenvalue weighted by Gasteiger charge is 2.46. The summed E-state index contributed by atoms with van der Waals surface area (Å²) in [5.41, 5.74) is 5.74. The van der Waals surface area contributed by atoms with Crippen LogP contribution < -0.4 is 5.73 Å². The smallest absolute Gasteiger partial charge is 0.241 e. The maximum Gasteiger partial charge on any atom is 0.241 e. The first-order chi connectivity index (χ1) is 6.97. The first-order valence-electron chi connectivity index (χ1n) is 5.71. The van der Waals surface area contributed by atoms with Crippen LogP contribution in [0.25, 0.3) is 0 Å². The standard InChI is InChI=1S/C11H21N3O/c1-11(2)7-14(8-4-5-8)10(15)9(6-12)13(11)3/h8-9H,4-7,12H2,1-3H3. The van der Waals surface area contributed by atoms with Crippen LogP contribution in [0.1, 0.15) is 26.7 Å². The van der Waals surface area contributed by atoms with Crippen molar-refractivity contribution < 1.29 is 4.79 Å². The molecule has 1 saturated carbocycles. The molecule has 4 heteroatoms. The zero-order chi connectivity index (χ0) is 11.2. The Morgan fingerprint density at radius 3 is 2.53 bits per heavy atom. The van der Waals surface area contributed by atoms with E-state index in [4.69, 9.17) is 5.73 Å². The van der Waals surface area contributed by atoms with Gasteiger partial charge in [-0.1, -0.05) is 0 Å². The van der Waals surface area contributed by atoms with Gasteiger partial charge in [0.05, 0.1) is 0 Å². The minimum atomic E-state index is -0.130. The Morgan fingerprint density at radius 2 is 2.07 bits per heavy atom. The van der Waals surface area contributed by atoms with Gasteiger partial charge >= 0.3 is 0 Å². The van der Waals surface area contributed by atoms with Crippen molar-refractivity contribution in [1.29, 1.82) is 0 Å². The normalized spacial score (nSPS) is 32.1. The topological polar surface area (TPSA) is 49.6 Å². The van der Waals surface area contributed by atoms with E-state index in [1.165, 1.54) is 12.8 Å². The monoisotopic (exact) mass is 211 g/mol. The molecule has 2 fully saturated rings. The fourth-order valence-electron chi connectivity index (χ4n) is 2.34. The van der Waals surface area contributed by atoms with Gasteiger partial charge in [0.2, 0.25) is 5.91 Å². The second kappa shape index (κ2) is 3.46. The van der Waals surface area contributed by atoms with E-state index in [0.717, 1.165) is 6.54 Å². The molecule has 2 aliphatic rings. The molecule has 1 heterocycles. The predicted octanol–water partition coefficient (Wildman–Crippen LogP) is 0.0287. The highest BCUT2D eigenvalue weighted by atomic mass is 16.2. The fourth-order valence-corrected chi connectivity index (χ4v) is 2.34. The Bertz CT molecular complexity index is 269. The number of nitrogens with zero attached hydrogens (tertiary/aromatic N) is 2. The van der Waals surface area contributed by atoms with Crippen molar-refractivity contribution >= 4 is 5.91 Å². The Labute approximate surface area is 91.4 Å². The van der Waals surface area contributed by atoms with E-state index in [9.17, 15) is 4.79 Å². The van der Waals surface area contributed by atoms with E-state index in [1.807, 2.05) is 11.9 Å². The van der Waals surface area contributed by atoms with Gasteiger partial charge < -0.3 is 10.6 Å². The third-order valence-corrected chi connectivity index (χ3v) is 3.76. The van der Waals surface area contributed by atoms with Gasteiger partial charge in [-0.3, -0.25) is 9.69 Å². The summed E-state index contributed by atoms with van der Waals surface area (Å²) in [7, 11) is 2.00. The average molecular weight is 211 g/mol. The van der Waals surface area contributed by atoms with Crippen LogP contribution in [0.5, 0.6) is 0 Å². The molecule has 1 saturated heterocycles. The first kappa shape index (κ1) is 10.9. The summed E-state index contributed by atoms with van der Waals surface area (Å²) in [6.07, 6.45) is 2.34. The molecule has 0 bridgehead atoms. The Kier molecular flexibility index (Phi) is 2.51. The summed E-state index contributed by atoms with van der Waals surface area (Å²) in [6, 6.07) is 0.369. The van der Waals surface area contributed by atoms with Gasteiger partial charge in [0, 0.05) is 24.7 Å². The van der Waals surface area contributed by atoms with Gasteiger partial charge in [-0.2, -0.15) is 0 Å². The lowest BCUT2D eigenvalue weighted by molar-refractivity contribution is -0.148. The van der Waals surface area contributed by atoms with E-state index in [2.05, 4.69) is 18.7 Å². The Balaban J connectivity index is 2.20. The lowest BCUT2D eigenvalue weighted by atomic mass is 9.95. The van der Waals surface area contributed by atoms with Gasteiger partial charge in [0.15, 0.2) is 0 Å². The highest BCUT2D eigenvalue weighted by Crippen LogP contribution is 2.33. The molecule has 1 aliphatic heterocycles. The molecule has 0 aromatic rings. The van der Waals surface area contributed by atoms with Crippen molar-refractivity contribution in [3.8, 4) is 0 Å². The molecule has 1 aliphatic carbocycles. The summed E-state index contributed by atoms with van der Waals surface area (Å²) < 4.78 is 0. The SMILES string of the molecule is CN1C(CN)C(=O)N(C2CC2)CC1(C)C. The number of rotatable bonds is 2. The maximum atomic E-state index is 12.1. The van der Waals surface area contributed by atoms with Gasteiger partial charge in [-0.25, -0.2) is 0 Å². The van der Waals surface area contributed by atoms with E-state index < -0.39 is 0 Å². The van der Waals surface area contributed by atoms with Crippen LogP contribution in [0, 0.1) is 0 Å². The predicted molar refractivity (Wildman–Crippen MR) is 59.4 cm³/mol. The second-order valence-corrected chi connectivity index (χ2v) is 5.37. The van der Waals surface area contributed by atoms with Gasteiger partial charge in [0.1, 0.15) is 6.04 Å². The number of amides is 1. The summed E-state index contributed by atoms with van der Waals surface area (Å²) in [4.78, 5) is 16.3. The van der Waals surface area contributed by atoms with Crippen molar-refractivity contribution in [3.63, 3.8) is 0 Å². The maximum absolute atomic E-state index is 12.1. The van der Waals surface area contributed by atoms with Crippen LogP contribution in [-0.4, -0.2) is 53.5 Å².